The smallest absolute Gasteiger partial charge is 0.356 e. The Hall–Kier alpha value is -1.64. The quantitative estimate of drug-likeness (QED) is 0.740. The van der Waals surface area contributed by atoms with Gasteiger partial charge in [-0.25, -0.2) is 0 Å². The third-order valence-corrected chi connectivity index (χ3v) is 3.23. The van der Waals surface area contributed by atoms with Crippen LogP contribution in [0.25, 0.3) is 0 Å². The van der Waals surface area contributed by atoms with E-state index in [4.69, 9.17) is 0 Å². The number of aryl methyl sites for hydroxylation is 1. The van der Waals surface area contributed by atoms with Crippen molar-refractivity contribution in [2.75, 3.05) is 26.2 Å². The number of alkyl halides is 3. The average Bonchev–Trinajstić information content (AvgIpc) is 2.82. The molecule has 0 bridgehead atoms. The molecule has 0 aromatic carbocycles. The summed E-state index contributed by atoms with van der Waals surface area (Å²) in [5.41, 5.74) is 0. The largest absolute Gasteiger partial charge is 0.453 e. The molecule has 0 amide bonds. The van der Waals surface area contributed by atoms with Crippen LogP contribution in [0.1, 0.15) is 18.1 Å². The van der Waals surface area contributed by atoms with E-state index in [0.717, 1.165) is 30.9 Å². The van der Waals surface area contributed by atoms with Gasteiger partial charge in [0.15, 0.2) is 5.82 Å². The van der Waals surface area contributed by atoms with Crippen molar-refractivity contribution in [2.24, 2.45) is 5.10 Å². The van der Waals surface area contributed by atoms with E-state index in [-0.39, 0.29) is 5.82 Å². The van der Waals surface area contributed by atoms with Crippen LogP contribution < -0.4 is 5.32 Å². The summed E-state index contributed by atoms with van der Waals surface area (Å²) in [4.78, 5) is 2.01. The maximum atomic E-state index is 12.8. The Balaban J connectivity index is 1.92. The number of hydrogen-bond acceptors (Lipinski definition) is 5. The predicted molar refractivity (Wildman–Crippen MR) is 60.6 cm³/mol. The maximum Gasteiger partial charge on any atom is 0.453 e. The van der Waals surface area contributed by atoms with Crippen molar-refractivity contribution in [1.29, 1.82) is 0 Å². The summed E-state index contributed by atoms with van der Waals surface area (Å²) in [5, 5.41) is 14.0. The van der Waals surface area contributed by atoms with Gasteiger partial charge in [-0.1, -0.05) is 0 Å². The highest BCUT2D eigenvalue weighted by Gasteiger charge is 2.39. The Morgan fingerprint density at radius 1 is 1.05 bits per heavy atom. The van der Waals surface area contributed by atoms with Crippen LogP contribution in [0, 0.1) is 0 Å². The Labute approximate surface area is 107 Å². The third-order valence-electron chi connectivity index (χ3n) is 3.23. The zero-order valence-electron chi connectivity index (χ0n) is 10.1. The Morgan fingerprint density at radius 3 is 2.47 bits per heavy atom. The van der Waals surface area contributed by atoms with Crippen LogP contribution in [0.3, 0.4) is 0 Å². The SMILES string of the molecule is FC(F)(F)c1nnc2n1N=C(N1CCNCC1)CC2. The van der Waals surface area contributed by atoms with Crippen LogP contribution >= 0.6 is 0 Å². The fourth-order valence-electron chi connectivity index (χ4n) is 2.28. The number of amidine groups is 1. The lowest BCUT2D eigenvalue weighted by atomic mass is 10.2. The van der Waals surface area contributed by atoms with Gasteiger partial charge in [-0.05, 0) is 0 Å². The topological polar surface area (TPSA) is 58.3 Å². The maximum absolute atomic E-state index is 12.8. The fourth-order valence-corrected chi connectivity index (χ4v) is 2.28. The summed E-state index contributed by atoms with van der Waals surface area (Å²) >= 11 is 0. The van der Waals surface area contributed by atoms with Crippen LogP contribution in [0.5, 0.6) is 0 Å². The van der Waals surface area contributed by atoms with E-state index in [0.29, 0.717) is 18.7 Å². The lowest BCUT2D eigenvalue weighted by molar-refractivity contribution is -0.147. The summed E-state index contributed by atoms with van der Waals surface area (Å²) < 4.78 is 39.1. The van der Waals surface area contributed by atoms with Gasteiger partial charge < -0.3 is 10.2 Å². The van der Waals surface area contributed by atoms with Crippen LogP contribution in [0.15, 0.2) is 5.10 Å². The Morgan fingerprint density at radius 2 is 1.79 bits per heavy atom. The Bertz CT molecular complexity index is 500. The molecule has 0 aliphatic carbocycles. The molecule has 6 nitrogen and oxygen atoms in total. The van der Waals surface area contributed by atoms with Crippen LogP contribution in [-0.4, -0.2) is 51.8 Å². The zero-order valence-corrected chi connectivity index (χ0v) is 10.1. The molecular formula is C10H13F3N6. The molecule has 0 atom stereocenters. The molecule has 0 radical (unpaired) electrons. The van der Waals surface area contributed by atoms with Crippen molar-refractivity contribution >= 4 is 5.84 Å². The van der Waals surface area contributed by atoms with E-state index in [9.17, 15) is 13.2 Å². The molecule has 9 heteroatoms. The van der Waals surface area contributed by atoms with Crippen molar-refractivity contribution in [3.05, 3.63) is 11.6 Å². The molecule has 19 heavy (non-hydrogen) atoms. The number of nitrogens with zero attached hydrogens (tertiary/aromatic N) is 5. The third kappa shape index (κ3) is 2.29. The van der Waals surface area contributed by atoms with Crippen molar-refractivity contribution < 1.29 is 13.2 Å². The van der Waals surface area contributed by atoms with Gasteiger partial charge in [0, 0.05) is 39.0 Å². The first kappa shape index (κ1) is 12.4. The van der Waals surface area contributed by atoms with Crippen molar-refractivity contribution in [1.82, 2.24) is 25.1 Å². The van der Waals surface area contributed by atoms with E-state index in [1.54, 1.807) is 0 Å². The highest BCUT2D eigenvalue weighted by Crippen LogP contribution is 2.29. The first-order chi connectivity index (χ1) is 9.05. The number of piperazine rings is 1. The molecule has 104 valence electrons. The zero-order chi connectivity index (χ0) is 13.5. The number of aromatic nitrogens is 3. The summed E-state index contributed by atoms with van der Waals surface area (Å²) in [6.07, 6.45) is -3.48. The standard InChI is InChI=1S/C10H13F3N6/c11-10(12,13)9-16-15-7-1-2-8(17-19(7)9)18-5-3-14-4-6-18/h14H,1-6H2. The minimum atomic E-state index is -4.53. The van der Waals surface area contributed by atoms with E-state index in [2.05, 4.69) is 20.6 Å². The predicted octanol–water partition coefficient (Wildman–Crippen LogP) is 0.310. The lowest BCUT2D eigenvalue weighted by Crippen LogP contribution is -2.47. The van der Waals surface area contributed by atoms with Crippen molar-refractivity contribution in [2.45, 2.75) is 19.0 Å². The minimum absolute atomic E-state index is 0.270. The molecule has 1 aromatic rings. The van der Waals surface area contributed by atoms with Gasteiger partial charge in [0.25, 0.3) is 5.82 Å². The highest BCUT2D eigenvalue weighted by atomic mass is 19.4. The van der Waals surface area contributed by atoms with E-state index in [1.165, 1.54) is 0 Å². The second kappa shape index (κ2) is 4.48. The molecule has 1 aromatic heterocycles. The number of hydrogen-bond donors (Lipinski definition) is 1. The van der Waals surface area contributed by atoms with Crippen LogP contribution in [0.2, 0.25) is 0 Å². The van der Waals surface area contributed by atoms with Gasteiger partial charge in [0.05, 0.1) is 0 Å². The molecule has 3 heterocycles. The van der Waals surface area contributed by atoms with E-state index < -0.39 is 12.0 Å². The summed E-state index contributed by atoms with van der Waals surface area (Å²) in [7, 11) is 0. The molecular weight excluding hydrogens is 261 g/mol. The van der Waals surface area contributed by atoms with E-state index >= 15 is 0 Å². The fraction of sp³-hybridized carbons (Fsp3) is 0.700. The first-order valence-corrected chi connectivity index (χ1v) is 6.11. The molecule has 0 unspecified atom stereocenters. The van der Waals surface area contributed by atoms with Gasteiger partial charge in [-0.3, -0.25) is 0 Å². The second-order valence-corrected chi connectivity index (χ2v) is 4.50. The minimum Gasteiger partial charge on any atom is -0.356 e. The molecule has 2 aliphatic heterocycles. The first-order valence-electron chi connectivity index (χ1n) is 6.11. The molecule has 0 spiro atoms. The molecule has 1 N–H and O–H groups in total. The molecule has 1 saturated heterocycles. The van der Waals surface area contributed by atoms with E-state index in [1.807, 2.05) is 4.90 Å². The number of fused-ring (bicyclic) bond motifs is 1. The summed E-state index contributed by atoms with van der Waals surface area (Å²) in [6, 6.07) is 0. The van der Waals surface area contributed by atoms with Crippen molar-refractivity contribution in [3.63, 3.8) is 0 Å². The van der Waals surface area contributed by atoms with Gasteiger partial charge in [0.1, 0.15) is 5.84 Å². The highest BCUT2D eigenvalue weighted by molar-refractivity contribution is 5.83. The van der Waals surface area contributed by atoms with Gasteiger partial charge in [0.2, 0.25) is 0 Å². The molecule has 0 saturated carbocycles. The Kier molecular flexibility index (Phi) is 2.92. The molecule has 3 rings (SSSR count). The monoisotopic (exact) mass is 274 g/mol. The summed E-state index contributed by atoms with van der Waals surface area (Å²) in [5.74, 6) is -0.0969. The normalized spacial score (nSPS) is 20.2. The number of halogens is 3. The van der Waals surface area contributed by atoms with Crippen molar-refractivity contribution in [3.8, 4) is 0 Å². The number of nitrogens with one attached hydrogen (secondary N) is 1. The van der Waals surface area contributed by atoms with Gasteiger partial charge in [-0.2, -0.15) is 22.9 Å². The van der Waals surface area contributed by atoms with Gasteiger partial charge >= 0.3 is 6.18 Å². The summed E-state index contributed by atoms with van der Waals surface area (Å²) in [6.45, 7) is 3.16. The molecule has 2 aliphatic rings. The molecule has 1 fully saturated rings. The average molecular weight is 274 g/mol. The number of rotatable bonds is 0. The lowest BCUT2D eigenvalue weighted by Gasteiger charge is -2.31. The van der Waals surface area contributed by atoms with Crippen LogP contribution in [0.4, 0.5) is 13.2 Å². The van der Waals surface area contributed by atoms with Gasteiger partial charge in [-0.15, -0.1) is 10.2 Å². The van der Waals surface area contributed by atoms with Crippen LogP contribution in [-0.2, 0) is 12.6 Å². The second-order valence-electron chi connectivity index (χ2n) is 4.50.